The van der Waals surface area contributed by atoms with Gasteiger partial charge in [0.1, 0.15) is 16.5 Å². The molecular weight excluding hydrogens is 445 g/mol. The maximum Gasteiger partial charge on any atom is 0.259 e. The van der Waals surface area contributed by atoms with Crippen molar-refractivity contribution in [2.45, 2.75) is 62.7 Å². The number of aromatic nitrogens is 2. The SMILES string of the molecule is O=C(CSCc1nc2sc3c(c2c(=O)[nH]1)CCCC3)NC1(c2ccc(F)cc2)CCCC1. The van der Waals surface area contributed by atoms with Gasteiger partial charge in [-0.15, -0.1) is 23.1 Å². The van der Waals surface area contributed by atoms with E-state index in [4.69, 9.17) is 0 Å². The molecule has 2 aliphatic rings. The molecule has 2 N–H and O–H groups in total. The van der Waals surface area contributed by atoms with Crippen LogP contribution in [0.5, 0.6) is 0 Å². The molecule has 2 aromatic heterocycles. The van der Waals surface area contributed by atoms with Gasteiger partial charge in [-0.2, -0.15) is 0 Å². The third-order valence-electron chi connectivity index (χ3n) is 6.58. The molecule has 1 fully saturated rings. The van der Waals surface area contributed by atoms with E-state index in [1.807, 2.05) is 0 Å². The van der Waals surface area contributed by atoms with E-state index >= 15 is 0 Å². The second-order valence-electron chi connectivity index (χ2n) is 8.74. The number of nitrogens with zero attached hydrogens (tertiary/aromatic N) is 1. The van der Waals surface area contributed by atoms with Crippen LogP contribution in [0.3, 0.4) is 0 Å². The van der Waals surface area contributed by atoms with E-state index in [0.29, 0.717) is 11.6 Å². The van der Waals surface area contributed by atoms with Gasteiger partial charge in [-0.3, -0.25) is 9.59 Å². The molecule has 0 spiro atoms. The first-order valence-electron chi connectivity index (χ1n) is 11.2. The van der Waals surface area contributed by atoms with Crippen LogP contribution in [0.15, 0.2) is 29.1 Å². The minimum atomic E-state index is -0.410. The average Bonchev–Trinajstić information content (AvgIpc) is 3.39. The molecule has 1 saturated carbocycles. The summed E-state index contributed by atoms with van der Waals surface area (Å²) in [4.78, 5) is 35.2. The Morgan fingerprint density at radius 3 is 2.69 bits per heavy atom. The standard InChI is InChI=1S/C24H26FN3O2S2/c25-16-9-7-15(8-10-16)24(11-3-4-12-24)28-20(29)14-31-13-19-26-22(30)21-17-5-1-2-6-18(17)32-23(21)27-19/h7-10H,1-6,11-14H2,(H,28,29)(H,26,27,30). The minimum absolute atomic E-state index is 0.0452. The maximum absolute atomic E-state index is 13.4. The predicted molar refractivity (Wildman–Crippen MR) is 128 cm³/mol. The van der Waals surface area contributed by atoms with Crippen molar-refractivity contribution in [2.24, 2.45) is 0 Å². The Balaban J connectivity index is 1.24. The van der Waals surface area contributed by atoms with E-state index in [0.717, 1.165) is 60.7 Å². The number of H-pyrrole nitrogens is 1. The number of thiophene rings is 1. The number of aryl methyl sites for hydroxylation is 2. The first-order valence-corrected chi connectivity index (χ1v) is 13.2. The number of carbonyl (C=O) groups is 1. The average molecular weight is 472 g/mol. The molecule has 0 saturated heterocycles. The highest BCUT2D eigenvalue weighted by molar-refractivity contribution is 7.99. The van der Waals surface area contributed by atoms with Crippen molar-refractivity contribution in [1.82, 2.24) is 15.3 Å². The number of nitrogens with one attached hydrogen (secondary N) is 2. The third kappa shape index (κ3) is 4.22. The molecular formula is C24H26FN3O2S2. The lowest BCUT2D eigenvalue weighted by molar-refractivity contribution is -0.120. The number of hydrogen-bond acceptors (Lipinski definition) is 5. The van der Waals surface area contributed by atoms with Gasteiger partial charge in [0, 0.05) is 4.88 Å². The van der Waals surface area contributed by atoms with Crippen LogP contribution in [0.4, 0.5) is 4.39 Å². The van der Waals surface area contributed by atoms with Gasteiger partial charge >= 0.3 is 0 Å². The van der Waals surface area contributed by atoms with E-state index in [2.05, 4.69) is 15.3 Å². The Labute approximate surface area is 194 Å². The fraction of sp³-hybridized carbons (Fsp3) is 0.458. The van der Waals surface area contributed by atoms with Crippen molar-refractivity contribution in [3.8, 4) is 0 Å². The van der Waals surface area contributed by atoms with Crippen LogP contribution in [-0.4, -0.2) is 21.6 Å². The second-order valence-corrected chi connectivity index (χ2v) is 10.8. The molecule has 5 nitrogen and oxygen atoms in total. The molecule has 3 aromatic rings. The summed E-state index contributed by atoms with van der Waals surface area (Å²) in [5, 5.41) is 3.98. The molecule has 0 radical (unpaired) electrons. The number of carbonyl (C=O) groups excluding carboxylic acids is 1. The van der Waals surface area contributed by atoms with Gasteiger partial charge in [0.25, 0.3) is 5.56 Å². The summed E-state index contributed by atoms with van der Waals surface area (Å²) in [5.41, 5.74) is 1.68. The van der Waals surface area contributed by atoms with Crippen LogP contribution in [0.25, 0.3) is 10.2 Å². The number of amides is 1. The molecule has 0 unspecified atom stereocenters. The fourth-order valence-electron chi connectivity index (χ4n) is 5.05. The Morgan fingerprint density at radius 2 is 1.91 bits per heavy atom. The minimum Gasteiger partial charge on any atom is -0.346 e. The van der Waals surface area contributed by atoms with Gasteiger partial charge in [0.2, 0.25) is 5.91 Å². The zero-order chi connectivity index (χ0) is 22.1. The molecule has 0 aliphatic heterocycles. The maximum atomic E-state index is 13.4. The highest BCUT2D eigenvalue weighted by Crippen LogP contribution is 2.39. The Hall–Kier alpha value is -2.19. The van der Waals surface area contributed by atoms with E-state index in [1.54, 1.807) is 23.5 Å². The molecule has 8 heteroatoms. The van der Waals surface area contributed by atoms with Crippen molar-refractivity contribution in [1.29, 1.82) is 0 Å². The number of thioether (sulfide) groups is 1. The Bertz CT molecular complexity index is 1200. The predicted octanol–water partition coefficient (Wildman–Crippen LogP) is 4.82. The highest BCUT2D eigenvalue weighted by atomic mass is 32.2. The first kappa shape index (κ1) is 21.6. The lowest BCUT2D eigenvalue weighted by atomic mass is 9.88. The third-order valence-corrected chi connectivity index (χ3v) is 8.71. The van der Waals surface area contributed by atoms with Gasteiger partial charge in [0.15, 0.2) is 0 Å². The van der Waals surface area contributed by atoms with Crippen molar-refractivity contribution in [3.63, 3.8) is 0 Å². The number of hydrogen-bond donors (Lipinski definition) is 2. The van der Waals surface area contributed by atoms with Crippen LogP contribution < -0.4 is 10.9 Å². The molecule has 1 aromatic carbocycles. The molecule has 1 amide bonds. The topological polar surface area (TPSA) is 74.8 Å². The van der Waals surface area contributed by atoms with Crippen molar-refractivity contribution >= 4 is 39.2 Å². The molecule has 32 heavy (non-hydrogen) atoms. The lowest BCUT2D eigenvalue weighted by Gasteiger charge is -2.31. The Kier molecular flexibility index (Phi) is 6.07. The van der Waals surface area contributed by atoms with Crippen LogP contribution >= 0.6 is 23.1 Å². The quantitative estimate of drug-likeness (QED) is 0.540. The van der Waals surface area contributed by atoms with Gasteiger partial charge in [0.05, 0.1) is 22.4 Å². The summed E-state index contributed by atoms with van der Waals surface area (Å²) in [7, 11) is 0. The zero-order valence-corrected chi connectivity index (χ0v) is 19.5. The summed E-state index contributed by atoms with van der Waals surface area (Å²) in [5.74, 6) is 1.06. The normalized spacial score (nSPS) is 17.4. The fourth-order valence-corrected chi connectivity index (χ4v) is 7.02. The van der Waals surface area contributed by atoms with E-state index in [1.165, 1.54) is 40.8 Å². The van der Waals surface area contributed by atoms with Crippen molar-refractivity contribution in [3.05, 3.63) is 62.3 Å². The number of fused-ring (bicyclic) bond motifs is 3. The summed E-state index contributed by atoms with van der Waals surface area (Å²) in [6.07, 6.45) is 8.12. The molecule has 0 bridgehead atoms. The van der Waals surface area contributed by atoms with Gasteiger partial charge < -0.3 is 10.3 Å². The molecule has 2 heterocycles. The largest absolute Gasteiger partial charge is 0.346 e. The molecule has 0 atom stereocenters. The van der Waals surface area contributed by atoms with Gasteiger partial charge in [-0.05, 0) is 61.8 Å². The van der Waals surface area contributed by atoms with Crippen LogP contribution in [0.2, 0.25) is 0 Å². The number of halogens is 1. The highest BCUT2D eigenvalue weighted by Gasteiger charge is 2.36. The number of aromatic amines is 1. The smallest absolute Gasteiger partial charge is 0.259 e. The summed E-state index contributed by atoms with van der Waals surface area (Å²) in [6, 6.07) is 6.46. The Morgan fingerprint density at radius 1 is 1.16 bits per heavy atom. The molecule has 168 valence electrons. The van der Waals surface area contributed by atoms with Crippen LogP contribution in [-0.2, 0) is 28.9 Å². The summed E-state index contributed by atoms with van der Waals surface area (Å²) < 4.78 is 13.4. The van der Waals surface area contributed by atoms with Crippen LogP contribution in [0.1, 0.15) is 60.4 Å². The summed E-state index contributed by atoms with van der Waals surface area (Å²) >= 11 is 3.09. The monoisotopic (exact) mass is 471 g/mol. The van der Waals surface area contributed by atoms with Crippen LogP contribution in [0, 0.1) is 5.82 Å². The van der Waals surface area contributed by atoms with Gasteiger partial charge in [-0.25, -0.2) is 9.37 Å². The lowest BCUT2D eigenvalue weighted by Crippen LogP contribution is -2.44. The number of benzene rings is 1. The van der Waals surface area contributed by atoms with Crippen molar-refractivity contribution < 1.29 is 9.18 Å². The van der Waals surface area contributed by atoms with E-state index in [-0.39, 0.29) is 23.0 Å². The zero-order valence-electron chi connectivity index (χ0n) is 17.8. The first-order chi connectivity index (χ1) is 15.5. The second kappa shape index (κ2) is 8.98. The van der Waals surface area contributed by atoms with E-state index in [9.17, 15) is 14.0 Å². The number of rotatable bonds is 6. The molecule has 5 rings (SSSR count). The molecule has 2 aliphatic carbocycles. The van der Waals surface area contributed by atoms with Crippen molar-refractivity contribution in [2.75, 3.05) is 5.75 Å². The summed E-state index contributed by atoms with van der Waals surface area (Å²) in [6.45, 7) is 0. The van der Waals surface area contributed by atoms with Gasteiger partial charge in [-0.1, -0.05) is 25.0 Å². The van der Waals surface area contributed by atoms with E-state index < -0.39 is 5.54 Å².